The zero-order chi connectivity index (χ0) is 13.1. The molecular weight excluding hydrogens is 216 g/mol. The second-order valence-corrected chi connectivity index (χ2v) is 5.25. The van der Waals surface area contributed by atoms with E-state index in [1.165, 1.54) is 0 Å². The number of aromatic nitrogens is 2. The van der Waals surface area contributed by atoms with Crippen LogP contribution in [0.4, 0.5) is 11.5 Å². The van der Waals surface area contributed by atoms with Gasteiger partial charge in [0.15, 0.2) is 0 Å². The summed E-state index contributed by atoms with van der Waals surface area (Å²) in [6.07, 6.45) is 1.01. The number of nitrogens with two attached hydrogens (primary N) is 1. The van der Waals surface area contributed by atoms with Gasteiger partial charge in [-0.05, 0) is 13.3 Å². The van der Waals surface area contributed by atoms with E-state index in [0.29, 0.717) is 12.2 Å². The van der Waals surface area contributed by atoms with E-state index in [2.05, 4.69) is 17.3 Å². The van der Waals surface area contributed by atoms with Crippen molar-refractivity contribution in [3.8, 4) is 0 Å². The third kappa shape index (κ3) is 3.36. The van der Waals surface area contributed by atoms with E-state index in [4.69, 9.17) is 5.73 Å². The molecule has 0 bridgehead atoms. The van der Waals surface area contributed by atoms with Gasteiger partial charge >= 0.3 is 0 Å². The van der Waals surface area contributed by atoms with Gasteiger partial charge in [-0.25, -0.2) is 4.68 Å². The number of rotatable bonds is 6. The Morgan fingerprint density at radius 1 is 1.47 bits per heavy atom. The van der Waals surface area contributed by atoms with Gasteiger partial charge in [-0.3, -0.25) is 0 Å². The first-order valence-electron chi connectivity index (χ1n) is 6.09. The van der Waals surface area contributed by atoms with E-state index in [0.717, 1.165) is 24.5 Å². The molecule has 0 amide bonds. The average Bonchev–Trinajstić information content (AvgIpc) is 2.53. The van der Waals surface area contributed by atoms with Crippen LogP contribution in [0.25, 0.3) is 0 Å². The topological polar surface area (TPSA) is 76.1 Å². The number of nitrogen functional groups attached to an aromatic ring is 1. The maximum Gasteiger partial charge on any atom is 0.148 e. The van der Waals surface area contributed by atoms with Crippen molar-refractivity contribution in [3.05, 3.63) is 5.69 Å². The molecule has 0 aliphatic carbocycles. The Morgan fingerprint density at radius 2 is 2.12 bits per heavy atom. The molecule has 98 valence electrons. The number of aryl methyl sites for hydroxylation is 2. The molecule has 0 aliphatic heterocycles. The molecule has 0 fully saturated rings. The molecule has 5 nitrogen and oxygen atoms in total. The highest BCUT2D eigenvalue weighted by Crippen LogP contribution is 2.24. The Bertz CT molecular complexity index is 371. The quantitative estimate of drug-likeness (QED) is 0.706. The molecule has 0 radical (unpaired) electrons. The minimum Gasteiger partial charge on any atom is -0.396 e. The summed E-state index contributed by atoms with van der Waals surface area (Å²) in [5.74, 6) is 0.867. The minimum atomic E-state index is -0.165. The van der Waals surface area contributed by atoms with Crippen LogP contribution in [0.15, 0.2) is 0 Å². The van der Waals surface area contributed by atoms with Gasteiger partial charge in [-0.2, -0.15) is 5.10 Å². The van der Waals surface area contributed by atoms with Crippen LogP contribution in [0.5, 0.6) is 0 Å². The van der Waals surface area contributed by atoms with E-state index in [1.807, 2.05) is 25.5 Å². The smallest absolute Gasteiger partial charge is 0.148 e. The first kappa shape index (κ1) is 13.8. The van der Waals surface area contributed by atoms with Gasteiger partial charge in [-0.1, -0.05) is 20.8 Å². The SMILES string of the molecule is CCCn1nc(C)c(N)c1NCC(C)(C)CO. The van der Waals surface area contributed by atoms with Gasteiger partial charge in [0.2, 0.25) is 0 Å². The molecule has 0 aromatic carbocycles. The third-order valence-electron chi connectivity index (χ3n) is 2.77. The normalized spacial score (nSPS) is 11.8. The van der Waals surface area contributed by atoms with Gasteiger partial charge in [-0.15, -0.1) is 0 Å². The predicted octanol–water partition coefficient (Wildman–Crippen LogP) is 1.61. The van der Waals surface area contributed by atoms with Crippen LogP contribution in [0.1, 0.15) is 32.9 Å². The van der Waals surface area contributed by atoms with Crippen LogP contribution in [-0.4, -0.2) is 28.0 Å². The highest BCUT2D eigenvalue weighted by Gasteiger charge is 2.19. The Labute approximate surface area is 103 Å². The number of aliphatic hydroxyl groups excluding tert-OH is 1. The van der Waals surface area contributed by atoms with Gasteiger partial charge in [0.05, 0.1) is 11.4 Å². The summed E-state index contributed by atoms with van der Waals surface area (Å²) in [5.41, 5.74) is 7.38. The second-order valence-electron chi connectivity index (χ2n) is 5.25. The first-order valence-corrected chi connectivity index (χ1v) is 6.09. The molecule has 5 heteroatoms. The van der Waals surface area contributed by atoms with E-state index in [9.17, 15) is 5.11 Å². The van der Waals surface area contributed by atoms with Crippen LogP contribution >= 0.6 is 0 Å². The lowest BCUT2D eigenvalue weighted by Gasteiger charge is -2.23. The molecule has 0 spiro atoms. The summed E-state index contributed by atoms with van der Waals surface area (Å²) in [6, 6.07) is 0. The molecule has 1 aromatic heterocycles. The number of hydrogen-bond donors (Lipinski definition) is 3. The van der Waals surface area contributed by atoms with Gasteiger partial charge in [0.1, 0.15) is 5.82 Å². The molecule has 0 atom stereocenters. The summed E-state index contributed by atoms with van der Waals surface area (Å²) in [5, 5.41) is 16.9. The largest absolute Gasteiger partial charge is 0.396 e. The average molecular weight is 240 g/mol. The standard InChI is InChI=1S/C12H24N4O/c1-5-6-16-11(10(13)9(2)15-16)14-7-12(3,4)8-17/h14,17H,5-8,13H2,1-4H3. The molecule has 0 aliphatic rings. The van der Waals surface area contributed by atoms with Crippen molar-refractivity contribution in [1.82, 2.24) is 9.78 Å². The zero-order valence-electron chi connectivity index (χ0n) is 11.2. The predicted molar refractivity (Wildman–Crippen MR) is 71.0 cm³/mol. The number of hydrogen-bond acceptors (Lipinski definition) is 4. The van der Waals surface area contributed by atoms with Crippen LogP contribution < -0.4 is 11.1 Å². The summed E-state index contributed by atoms with van der Waals surface area (Å²) >= 11 is 0. The van der Waals surface area contributed by atoms with Gasteiger partial charge in [0, 0.05) is 25.1 Å². The van der Waals surface area contributed by atoms with Crippen molar-refractivity contribution in [2.45, 2.75) is 40.7 Å². The summed E-state index contributed by atoms with van der Waals surface area (Å²) in [6.45, 7) is 9.68. The Balaban J connectivity index is 2.82. The lowest BCUT2D eigenvalue weighted by molar-refractivity contribution is 0.170. The van der Waals surface area contributed by atoms with Crippen LogP contribution in [0, 0.1) is 12.3 Å². The minimum absolute atomic E-state index is 0.140. The fourth-order valence-electron chi connectivity index (χ4n) is 1.53. The van der Waals surface area contributed by atoms with Crippen molar-refractivity contribution in [2.24, 2.45) is 5.41 Å². The van der Waals surface area contributed by atoms with E-state index in [-0.39, 0.29) is 12.0 Å². The van der Waals surface area contributed by atoms with Crippen LogP contribution in [0.2, 0.25) is 0 Å². The number of nitrogens with zero attached hydrogens (tertiary/aromatic N) is 2. The molecule has 0 unspecified atom stereocenters. The summed E-state index contributed by atoms with van der Waals surface area (Å²) < 4.78 is 1.90. The molecule has 1 rings (SSSR count). The second kappa shape index (κ2) is 5.40. The maximum absolute atomic E-state index is 9.23. The highest BCUT2D eigenvalue weighted by molar-refractivity contribution is 5.64. The van der Waals surface area contributed by atoms with E-state index in [1.54, 1.807) is 0 Å². The van der Waals surface area contributed by atoms with Crippen molar-refractivity contribution >= 4 is 11.5 Å². The lowest BCUT2D eigenvalue weighted by atomic mass is 9.95. The van der Waals surface area contributed by atoms with Crippen LogP contribution in [-0.2, 0) is 6.54 Å². The number of nitrogens with one attached hydrogen (secondary N) is 1. The highest BCUT2D eigenvalue weighted by atomic mass is 16.3. The van der Waals surface area contributed by atoms with Crippen molar-refractivity contribution in [3.63, 3.8) is 0 Å². The molecule has 1 aromatic rings. The third-order valence-corrected chi connectivity index (χ3v) is 2.77. The molecule has 1 heterocycles. The monoisotopic (exact) mass is 240 g/mol. The number of anilines is 2. The fraction of sp³-hybridized carbons (Fsp3) is 0.750. The maximum atomic E-state index is 9.23. The Hall–Kier alpha value is -1.23. The number of aliphatic hydroxyl groups is 1. The van der Waals surface area contributed by atoms with E-state index < -0.39 is 0 Å². The Morgan fingerprint density at radius 3 is 2.65 bits per heavy atom. The first-order chi connectivity index (χ1) is 7.91. The van der Waals surface area contributed by atoms with Crippen LogP contribution in [0.3, 0.4) is 0 Å². The van der Waals surface area contributed by atoms with Crippen molar-refractivity contribution < 1.29 is 5.11 Å². The fourth-order valence-corrected chi connectivity index (χ4v) is 1.53. The molecule has 17 heavy (non-hydrogen) atoms. The molecule has 0 saturated heterocycles. The van der Waals surface area contributed by atoms with Gasteiger partial charge < -0.3 is 16.2 Å². The van der Waals surface area contributed by atoms with E-state index >= 15 is 0 Å². The molecular formula is C12H24N4O. The zero-order valence-corrected chi connectivity index (χ0v) is 11.2. The lowest BCUT2D eigenvalue weighted by Crippen LogP contribution is -2.28. The summed E-state index contributed by atoms with van der Waals surface area (Å²) in [7, 11) is 0. The van der Waals surface area contributed by atoms with Gasteiger partial charge in [0.25, 0.3) is 0 Å². The summed E-state index contributed by atoms with van der Waals surface area (Å²) in [4.78, 5) is 0. The molecule has 0 saturated carbocycles. The molecule has 4 N–H and O–H groups in total. The van der Waals surface area contributed by atoms with Crippen molar-refractivity contribution in [2.75, 3.05) is 24.2 Å². The Kier molecular flexibility index (Phi) is 4.40. The van der Waals surface area contributed by atoms with Crippen molar-refractivity contribution in [1.29, 1.82) is 0 Å².